The van der Waals surface area contributed by atoms with Crippen LogP contribution in [0.15, 0.2) is 18.2 Å². The maximum absolute atomic E-state index is 11.2. The molecule has 0 aliphatic heterocycles. The number of likely N-dealkylation sites (N-methyl/N-ethyl adjacent to an activating group) is 1. The minimum absolute atomic E-state index is 0.343. The third-order valence-electron chi connectivity index (χ3n) is 2.44. The van der Waals surface area contributed by atoms with E-state index in [0.29, 0.717) is 17.3 Å². The van der Waals surface area contributed by atoms with Crippen LogP contribution in [0.5, 0.6) is 5.75 Å². The molecule has 94 valence electrons. The van der Waals surface area contributed by atoms with Crippen LogP contribution >= 0.6 is 11.6 Å². The minimum atomic E-state index is -0.343. The van der Waals surface area contributed by atoms with Crippen LogP contribution in [0.2, 0.25) is 5.02 Å². The number of methoxy groups -OCH3 is 2. The summed E-state index contributed by atoms with van der Waals surface area (Å²) in [6.45, 7) is 0.579. The maximum atomic E-state index is 11.2. The smallest absolute Gasteiger partial charge is 0.409 e. The molecule has 0 spiro atoms. The van der Waals surface area contributed by atoms with Gasteiger partial charge in [0.05, 0.1) is 19.2 Å². The van der Waals surface area contributed by atoms with E-state index in [1.54, 1.807) is 14.2 Å². The maximum Gasteiger partial charge on any atom is 0.409 e. The van der Waals surface area contributed by atoms with Gasteiger partial charge in [-0.15, -0.1) is 0 Å². The number of nitrogens with zero attached hydrogens (tertiary/aromatic N) is 1. The molecule has 0 heterocycles. The van der Waals surface area contributed by atoms with Crippen LogP contribution in [-0.4, -0.2) is 38.8 Å². The summed E-state index contributed by atoms with van der Waals surface area (Å²) in [5.41, 5.74) is 1.05. The van der Waals surface area contributed by atoms with Gasteiger partial charge < -0.3 is 14.4 Å². The first-order valence-electron chi connectivity index (χ1n) is 5.20. The Hall–Kier alpha value is -1.42. The van der Waals surface area contributed by atoms with Crippen LogP contribution in [0.1, 0.15) is 5.56 Å². The number of rotatable bonds is 4. The lowest BCUT2D eigenvalue weighted by atomic mass is 10.1. The Bertz CT molecular complexity index is 395. The van der Waals surface area contributed by atoms with Gasteiger partial charge in [-0.25, -0.2) is 4.79 Å². The molecular weight excluding hydrogens is 242 g/mol. The molecule has 0 aromatic heterocycles. The van der Waals surface area contributed by atoms with Gasteiger partial charge in [0.25, 0.3) is 0 Å². The number of amides is 1. The molecule has 1 aromatic carbocycles. The van der Waals surface area contributed by atoms with Crippen LogP contribution in [0, 0.1) is 0 Å². The number of carbonyl (C=O) groups excluding carboxylic acids is 1. The second kappa shape index (κ2) is 6.35. The summed E-state index contributed by atoms with van der Waals surface area (Å²) in [4.78, 5) is 12.7. The Balaban J connectivity index is 2.58. The average Bonchev–Trinajstić information content (AvgIpc) is 2.35. The Morgan fingerprint density at radius 3 is 2.65 bits per heavy atom. The largest absolute Gasteiger partial charge is 0.495 e. The highest BCUT2D eigenvalue weighted by molar-refractivity contribution is 6.32. The van der Waals surface area contributed by atoms with Crippen molar-refractivity contribution in [3.05, 3.63) is 28.8 Å². The Labute approximate surface area is 106 Å². The number of hydrogen-bond acceptors (Lipinski definition) is 3. The average molecular weight is 258 g/mol. The summed E-state index contributed by atoms with van der Waals surface area (Å²) < 4.78 is 9.67. The van der Waals surface area contributed by atoms with Crippen molar-refractivity contribution in [1.82, 2.24) is 4.90 Å². The van der Waals surface area contributed by atoms with E-state index in [1.165, 1.54) is 12.0 Å². The lowest BCUT2D eigenvalue weighted by Gasteiger charge is -2.15. The Morgan fingerprint density at radius 1 is 1.41 bits per heavy atom. The summed E-state index contributed by atoms with van der Waals surface area (Å²) in [6, 6.07) is 5.58. The summed E-state index contributed by atoms with van der Waals surface area (Å²) in [7, 11) is 4.63. The molecule has 0 aliphatic rings. The quantitative estimate of drug-likeness (QED) is 0.832. The molecular formula is C12H16ClNO3. The number of benzene rings is 1. The lowest BCUT2D eigenvalue weighted by molar-refractivity contribution is 0.134. The van der Waals surface area contributed by atoms with E-state index in [9.17, 15) is 4.79 Å². The van der Waals surface area contributed by atoms with Gasteiger partial charge in [-0.3, -0.25) is 0 Å². The monoisotopic (exact) mass is 257 g/mol. The summed E-state index contributed by atoms with van der Waals surface area (Å²) in [5, 5.41) is 0.575. The normalized spacial score (nSPS) is 9.88. The van der Waals surface area contributed by atoms with Crippen molar-refractivity contribution >= 4 is 17.7 Å². The van der Waals surface area contributed by atoms with Gasteiger partial charge in [0.15, 0.2) is 0 Å². The van der Waals surface area contributed by atoms with Gasteiger partial charge >= 0.3 is 6.09 Å². The van der Waals surface area contributed by atoms with Crippen LogP contribution in [-0.2, 0) is 11.2 Å². The lowest BCUT2D eigenvalue weighted by Crippen LogP contribution is -2.28. The van der Waals surface area contributed by atoms with Crippen molar-refractivity contribution in [3.8, 4) is 5.75 Å². The molecule has 0 saturated carbocycles. The van der Waals surface area contributed by atoms with Crippen molar-refractivity contribution in [2.24, 2.45) is 0 Å². The molecule has 0 radical (unpaired) electrons. The predicted octanol–water partition coefficient (Wildman–Crippen LogP) is 2.59. The SMILES string of the molecule is COC(=O)N(C)CCc1ccc(OC)c(Cl)c1. The highest BCUT2D eigenvalue weighted by atomic mass is 35.5. The predicted molar refractivity (Wildman–Crippen MR) is 66.7 cm³/mol. The fourth-order valence-corrected chi connectivity index (χ4v) is 1.69. The van der Waals surface area contributed by atoms with E-state index in [2.05, 4.69) is 4.74 Å². The second-order valence-corrected chi connectivity index (χ2v) is 4.02. The molecule has 0 unspecified atom stereocenters. The van der Waals surface area contributed by atoms with Gasteiger partial charge in [0, 0.05) is 13.6 Å². The van der Waals surface area contributed by atoms with Gasteiger partial charge in [0.2, 0.25) is 0 Å². The fraction of sp³-hybridized carbons (Fsp3) is 0.417. The van der Waals surface area contributed by atoms with Crippen molar-refractivity contribution in [3.63, 3.8) is 0 Å². The molecule has 0 saturated heterocycles. The van der Waals surface area contributed by atoms with Gasteiger partial charge in [-0.05, 0) is 24.1 Å². The number of ether oxygens (including phenoxy) is 2. The standard InChI is InChI=1S/C12H16ClNO3/c1-14(12(15)17-3)7-6-9-4-5-11(16-2)10(13)8-9/h4-5,8H,6-7H2,1-3H3. The third-order valence-corrected chi connectivity index (χ3v) is 2.73. The fourth-order valence-electron chi connectivity index (χ4n) is 1.41. The van der Waals surface area contributed by atoms with Crippen LogP contribution in [0.4, 0.5) is 4.79 Å². The van der Waals surface area contributed by atoms with E-state index in [4.69, 9.17) is 16.3 Å². The summed E-state index contributed by atoms with van der Waals surface area (Å²) >= 11 is 6.00. The highest BCUT2D eigenvalue weighted by Gasteiger charge is 2.08. The highest BCUT2D eigenvalue weighted by Crippen LogP contribution is 2.25. The van der Waals surface area contributed by atoms with Crippen molar-refractivity contribution in [2.45, 2.75) is 6.42 Å². The van der Waals surface area contributed by atoms with Gasteiger partial charge in [0.1, 0.15) is 5.75 Å². The molecule has 4 nitrogen and oxygen atoms in total. The molecule has 0 atom stereocenters. The molecule has 1 amide bonds. The first kappa shape index (κ1) is 13.6. The summed E-state index contributed by atoms with van der Waals surface area (Å²) in [5.74, 6) is 0.650. The summed E-state index contributed by atoms with van der Waals surface area (Å²) in [6.07, 6.45) is 0.375. The Morgan fingerprint density at radius 2 is 2.12 bits per heavy atom. The molecule has 5 heteroatoms. The second-order valence-electron chi connectivity index (χ2n) is 3.61. The third kappa shape index (κ3) is 3.82. The van der Waals surface area contributed by atoms with Crippen LogP contribution in [0.25, 0.3) is 0 Å². The van der Waals surface area contributed by atoms with Gasteiger partial charge in [-0.1, -0.05) is 17.7 Å². The molecule has 1 rings (SSSR count). The van der Waals surface area contributed by atoms with Crippen molar-refractivity contribution < 1.29 is 14.3 Å². The van der Waals surface area contributed by atoms with E-state index in [1.807, 2.05) is 18.2 Å². The molecule has 0 bridgehead atoms. The van der Waals surface area contributed by atoms with Crippen LogP contribution in [0.3, 0.4) is 0 Å². The molecule has 17 heavy (non-hydrogen) atoms. The molecule has 1 aromatic rings. The van der Waals surface area contributed by atoms with Crippen LogP contribution < -0.4 is 4.74 Å². The first-order chi connectivity index (χ1) is 8.08. The van der Waals surface area contributed by atoms with Crippen molar-refractivity contribution in [1.29, 1.82) is 0 Å². The van der Waals surface area contributed by atoms with Crippen molar-refractivity contribution in [2.75, 3.05) is 27.8 Å². The zero-order valence-corrected chi connectivity index (χ0v) is 11.0. The Kier molecular flexibility index (Phi) is 5.10. The van der Waals surface area contributed by atoms with E-state index < -0.39 is 0 Å². The zero-order valence-electron chi connectivity index (χ0n) is 10.2. The van der Waals surface area contributed by atoms with E-state index in [0.717, 1.165) is 12.0 Å². The zero-order chi connectivity index (χ0) is 12.8. The molecule has 0 N–H and O–H groups in total. The van der Waals surface area contributed by atoms with E-state index in [-0.39, 0.29) is 6.09 Å². The topological polar surface area (TPSA) is 38.8 Å². The number of carbonyl (C=O) groups is 1. The number of hydrogen-bond donors (Lipinski definition) is 0. The minimum Gasteiger partial charge on any atom is -0.495 e. The van der Waals surface area contributed by atoms with E-state index >= 15 is 0 Å². The number of halogens is 1. The molecule has 0 fully saturated rings. The molecule has 0 aliphatic carbocycles. The first-order valence-corrected chi connectivity index (χ1v) is 5.57. The van der Waals surface area contributed by atoms with Gasteiger partial charge in [-0.2, -0.15) is 0 Å².